The molecule has 0 aromatic carbocycles. The molecule has 0 saturated carbocycles. The van der Waals surface area contributed by atoms with Crippen molar-refractivity contribution in [1.82, 2.24) is 10.2 Å². The number of ether oxygens (including phenoxy) is 1. The lowest BCUT2D eigenvalue weighted by Crippen LogP contribution is -2.03. The highest BCUT2D eigenvalue weighted by Gasteiger charge is 2.08. The molecule has 4 heteroatoms. The van der Waals surface area contributed by atoms with Gasteiger partial charge in [0.1, 0.15) is 0 Å². The molecule has 1 heterocycles. The first kappa shape index (κ1) is 14.2. The van der Waals surface area contributed by atoms with E-state index in [4.69, 9.17) is 16.3 Å². The summed E-state index contributed by atoms with van der Waals surface area (Å²) in [5.74, 6) is 0.613. The van der Waals surface area contributed by atoms with Crippen LogP contribution in [0.25, 0.3) is 0 Å². The molecule has 0 atom stereocenters. The van der Waals surface area contributed by atoms with Crippen molar-refractivity contribution in [2.24, 2.45) is 0 Å². The minimum absolute atomic E-state index is 0.456. The molecule has 1 aromatic heterocycles. The van der Waals surface area contributed by atoms with E-state index < -0.39 is 0 Å². The Morgan fingerprint density at radius 2 is 1.71 bits per heavy atom. The van der Waals surface area contributed by atoms with Crippen LogP contribution in [0.3, 0.4) is 0 Å². The van der Waals surface area contributed by atoms with Gasteiger partial charge in [0.15, 0.2) is 5.15 Å². The van der Waals surface area contributed by atoms with Gasteiger partial charge in [-0.25, -0.2) is 0 Å². The maximum Gasteiger partial charge on any atom is 0.236 e. The van der Waals surface area contributed by atoms with Crippen LogP contribution in [0.4, 0.5) is 0 Å². The molecule has 0 saturated heterocycles. The molecule has 1 rings (SSSR count). The lowest BCUT2D eigenvalue weighted by Gasteiger charge is -2.09. The van der Waals surface area contributed by atoms with Crippen LogP contribution in [0.5, 0.6) is 5.88 Å². The molecule has 0 aliphatic carbocycles. The van der Waals surface area contributed by atoms with Gasteiger partial charge in [-0.3, -0.25) is 0 Å². The Morgan fingerprint density at radius 1 is 1.00 bits per heavy atom. The summed E-state index contributed by atoms with van der Waals surface area (Å²) in [5, 5.41) is 8.28. The Kier molecular flexibility index (Phi) is 6.27. The van der Waals surface area contributed by atoms with E-state index in [9.17, 15) is 0 Å². The fourth-order valence-corrected chi connectivity index (χ4v) is 1.75. The average Bonchev–Trinajstić information content (AvgIpc) is 2.33. The number of hydrogen-bond acceptors (Lipinski definition) is 3. The van der Waals surface area contributed by atoms with Crippen LogP contribution in [0.2, 0.25) is 5.15 Å². The van der Waals surface area contributed by atoms with Gasteiger partial charge < -0.3 is 4.74 Å². The van der Waals surface area contributed by atoms with Crippen LogP contribution >= 0.6 is 11.6 Å². The van der Waals surface area contributed by atoms with E-state index in [0.29, 0.717) is 17.6 Å². The lowest BCUT2D eigenvalue weighted by atomic mass is 10.2. The summed E-state index contributed by atoms with van der Waals surface area (Å²) in [6.45, 7) is 6.81. The first-order valence-electron chi connectivity index (χ1n) is 6.29. The summed E-state index contributed by atoms with van der Waals surface area (Å²) in [4.78, 5) is 0. The number of rotatable bonds is 7. The van der Waals surface area contributed by atoms with E-state index in [2.05, 4.69) is 17.1 Å². The van der Waals surface area contributed by atoms with Gasteiger partial charge in [0.2, 0.25) is 5.88 Å². The van der Waals surface area contributed by atoms with Crippen molar-refractivity contribution in [2.45, 2.75) is 52.9 Å². The van der Waals surface area contributed by atoms with Crippen LogP contribution in [0, 0.1) is 13.8 Å². The predicted octanol–water partition coefficient (Wildman–Crippen LogP) is 4.10. The second-order valence-electron chi connectivity index (χ2n) is 4.31. The monoisotopic (exact) mass is 256 g/mol. The van der Waals surface area contributed by atoms with Gasteiger partial charge in [0.05, 0.1) is 6.61 Å². The molecular weight excluding hydrogens is 236 g/mol. The van der Waals surface area contributed by atoms with Crippen molar-refractivity contribution in [3.05, 3.63) is 16.3 Å². The van der Waals surface area contributed by atoms with E-state index in [1.54, 1.807) is 0 Å². The van der Waals surface area contributed by atoms with E-state index in [1.165, 1.54) is 25.7 Å². The molecular formula is C13H21ClN2O. The van der Waals surface area contributed by atoms with Gasteiger partial charge in [0.25, 0.3) is 0 Å². The highest BCUT2D eigenvalue weighted by molar-refractivity contribution is 6.30. The van der Waals surface area contributed by atoms with Crippen molar-refractivity contribution >= 4 is 11.6 Å². The molecule has 0 unspecified atom stereocenters. The van der Waals surface area contributed by atoms with Crippen molar-refractivity contribution in [3.8, 4) is 5.88 Å². The molecule has 1 aromatic rings. The zero-order valence-electron chi connectivity index (χ0n) is 10.9. The standard InChI is InChI=1S/C13H21ClN2O/c1-4-5-6-7-8-9-17-13-11(3)10(2)12(14)15-16-13/h4-9H2,1-3H3. The van der Waals surface area contributed by atoms with Gasteiger partial charge >= 0.3 is 0 Å². The van der Waals surface area contributed by atoms with Gasteiger partial charge in [-0.1, -0.05) is 44.2 Å². The molecule has 0 spiro atoms. The normalized spacial score (nSPS) is 10.6. The van der Waals surface area contributed by atoms with Gasteiger partial charge in [-0.15, -0.1) is 10.2 Å². The molecule has 0 N–H and O–H groups in total. The molecule has 0 bridgehead atoms. The summed E-state index contributed by atoms with van der Waals surface area (Å²) in [7, 11) is 0. The molecule has 3 nitrogen and oxygen atoms in total. The highest BCUT2D eigenvalue weighted by Crippen LogP contribution is 2.22. The topological polar surface area (TPSA) is 35.0 Å². The fourth-order valence-electron chi connectivity index (χ4n) is 1.57. The summed E-state index contributed by atoms with van der Waals surface area (Å²) in [6, 6.07) is 0. The molecule has 96 valence electrons. The van der Waals surface area contributed by atoms with E-state index >= 15 is 0 Å². The van der Waals surface area contributed by atoms with E-state index in [1.807, 2.05) is 13.8 Å². The van der Waals surface area contributed by atoms with E-state index in [0.717, 1.165) is 17.5 Å². The summed E-state index contributed by atoms with van der Waals surface area (Å²) in [5.41, 5.74) is 1.93. The van der Waals surface area contributed by atoms with Crippen LogP contribution in [-0.4, -0.2) is 16.8 Å². The Morgan fingerprint density at radius 3 is 2.41 bits per heavy atom. The van der Waals surface area contributed by atoms with Crippen LogP contribution in [0.15, 0.2) is 0 Å². The average molecular weight is 257 g/mol. The van der Waals surface area contributed by atoms with Crippen LogP contribution in [0.1, 0.15) is 50.2 Å². The predicted molar refractivity (Wildman–Crippen MR) is 70.8 cm³/mol. The van der Waals surface area contributed by atoms with Crippen molar-refractivity contribution in [2.75, 3.05) is 6.61 Å². The highest BCUT2D eigenvalue weighted by atomic mass is 35.5. The maximum atomic E-state index is 5.88. The van der Waals surface area contributed by atoms with Crippen molar-refractivity contribution in [3.63, 3.8) is 0 Å². The number of halogens is 1. The van der Waals surface area contributed by atoms with Gasteiger partial charge in [0, 0.05) is 5.56 Å². The third kappa shape index (κ3) is 4.50. The minimum atomic E-state index is 0.456. The lowest BCUT2D eigenvalue weighted by molar-refractivity contribution is 0.287. The summed E-state index contributed by atoms with van der Waals surface area (Å²) >= 11 is 5.88. The maximum absolute atomic E-state index is 5.88. The van der Waals surface area contributed by atoms with Gasteiger partial charge in [-0.05, 0) is 25.8 Å². The number of unbranched alkanes of at least 4 members (excludes halogenated alkanes) is 4. The number of aromatic nitrogens is 2. The van der Waals surface area contributed by atoms with Crippen molar-refractivity contribution < 1.29 is 4.74 Å². The Hall–Kier alpha value is -0.830. The zero-order chi connectivity index (χ0) is 12.7. The first-order valence-corrected chi connectivity index (χ1v) is 6.66. The molecule has 0 amide bonds. The Labute approximate surface area is 109 Å². The number of hydrogen-bond donors (Lipinski definition) is 0. The SMILES string of the molecule is CCCCCCCOc1nnc(Cl)c(C)c1C. The fraction of sp³-hybridized carbons (Fsp3) is 0.692. The molecule has 0 radical (unpaired) electrons. The second-order valence-corrected chi connectivity index (χ2v) is 4.67. The number of nitrogens with zero attached hydrogens (tertiary/aromatic N) is 2. The first-order chi connectivity index (χ1) is 8.16. The molecule has 17 heavy (non-hydrogen) atoms. The quantitative estimate of drug-likeness (QED) is 0.689. The Bertz CT molecular complexity index is 356. The van der Waals surface area contributed by atoms with Gasteiger partial charge in [-0.2, -0.15) is 0 Å². The molecule has 0 fully saturated rings. The Balaban J connectivity index is 2.35. The summed E-state index contributed by atoms with van der Waals surface area (Å²) in [6.07, 6.45) is 6.14. The third-order valence-electron chi connectivity index (χ3n) is 2.91. The molecule has 0 aliphatic heterocycles. The minimum Gasteiger partial charge on any atom is -0.476 e. The second kappa shape index (κ2) is 7.49. The van der Waals surface area contributed by atoms with Crippen molar-refractivity contribution in [1.29, 1.82) is 0 Å². The largest absolute Gasteiger partial charge is 0.476 e. The smallest absolute Gasteiger partial charge is 0.236 e. The summed E-state index contributed by atoms with van der Waals surface area (Å²) < 4.78 is 5.62. The zero-order valence-corrected chi connectivity index (χ0v) is 11.7. The third-order valence-corrected chi connectivity index (χ3v) is 3.27. The molecule has 0 aliphatic rings. The van der Waals surface area contributed by atoms with Crippen LogP contribution in [-0.2, 0) is 0 Å². The van der Waals surface area contributed by atoms with E-state index in [-0.39, 0.29) is 0 Å². The van der Waals surface area contributed by atoms with Crippen LogP contribution < -0.4 is 4.74 Å².